The van der Waals surface area contributed by atoms with Crippen molar-refractivity contribution in [2.24, 2.45) is 5.92 Å². The quantitative estimate of drug-likeness (QED) is 0.916. The maximum Gasteiger partial charge on any atom is 0.309 e. The molecule has 0 saturated carbocycles. The van der Waals surface area contributed by atoms with E-state index in [0.29, 0.717) is 0 Å². The number of aromatic nitrogens is 2. The third-order valence-corrected chi connectivity index (χ3v) is 4.71. The van der Waals surface area contributed by atoms with Crippen molar-refractivity contribution in [3.8, 4) is 5.69 Å². The van der Waals surface area contributed by atoms with Crippen LogP contribution in [0.5, 0.6) is 0 Å². The van der Waals surface area contributed by atoms with Crippen LogP contribution in [0.1, 0.15) is 38.3 Å². The molecule has 3 atom stereocenters. The number of hydrogen-bond acceptors (Lipinski definition) is 3. The molecule has 6 nitrogen and oxygen atoms in total. The van der Waals surface area contributed by atoms with Crippen LogP contribution >= 0.6 is 0 Å². The Morgan fingerprint density at radius 2 is 2.08 bits per heavy atom. The lowest BCUT2D eigenvalue weighted by atomic mass is 9.95. The Morgan fingerprint density at radius 3 is 2.71 bits per heavy atom. The summed E-state index contributed by atoms with van der Waals surface area (Å²) in [6.07, 6.45) is 4.31. The van der Waals surface area contributed by atoms with Crippen LogP contribution < -0.4 is 0 Å². The van der Waals surface area contributed by atoms with Crippen LogP contribution in [0.25, 0.3) is 5.69 Å². The molecule has 1 saturated heterocycles. The summed E-state index contributed by atoms with van der Waals surface area (Å²) in [7, 11) is 0. The van der Waals surface area contributed by atoms with Crippen LogP contribution in [0.15, 0.2) is 42.7 Å². The van der Waals surface area contributed by atoms with Gasteiger partial charge in [-0.05, 0) is 25.5 Å². The van der Waals surface area contributed by atoms with Crippen LogP contribution in [-0.4, -0.2) is 37.7 Å². The molecule has 2 aromatic rings. The Labute approximate surface area is 140 Å². The highest BCUT2D eigenvalue weighted by molar-refractivity contribution is 5.87. The molecule has 1 amide bonds. The normalized spacial score (nSPS) is 21.9. The van der Waals surface area contributed by atoms with Gasteiger partial charge in [-0.1, -0.05) is 25.1 Å². The van der Waals surface area contributed by atoms with E-state index in [-0.39, 0.29) is 18.4 Å². The summed E-state index contributed by atoms with van der Waals surface area (Å²) in [6, 6.07) is 9.14. The molecule has 126 valence electrons. The zero-order valence-corrected chi connectivity index (χ0v) is 13.8. The minimum absolute atomic E-state index is 0.00748. The van der Waals surface area contributed by atoms with E-state index < -0.39 is 17.9 Å². The van der Waals surface area contributed by atoms with Crippen LogP contribution in [0, 0.1) is 5.92 Å². The topological polar surface area (TPSA) is 75.4 Å². The van der Waals surface area contributed by atoms with E-state index in [1.54, 1.807) is 15.8 Å². The van der Waals surface area contributed by atoms with Gasteiger partial charge in [-0.3, -0.25) is 9.59 Å². The molecule has 1 N–H and O–H groups in total. The summed E-state index contributed by atoms with van der Waals surface area (Å²) >= 11 is 0. The molecule has 0 unspecified atom stereocenters. The average Bonchev–Trinajstić information content (AvgIpc) is 3.19. The lowest BCUT2D eigenvalue weighted by Gasteiger charge is -2.31. The van der Waals surface area contributed by atoms with Crippen molar-refractivity contribution in [1.82, 2.24) is 14.7 Å². The van der Waals surface area contributed by atoms with Gasteiger partial charge in [-0.15, -0.1) is 0 Å². The predicted molar refractivity (Wildman–Crippen MR) is 88.6 cm³/mol. The average molecular weight is 327 g/mol. The summed E-state index contributed by atoms with van der Waals surface area (Å²) in [5, 5.41) is 13.9. The first-order valence-electron chi connectivity index (χ1n) is 8.17. The zero-order valence-electron chi connectivity index (χ0n) is 13.8. The van der Waals surface area contributed by atoms with Gasteiger partial charge in [0.1, 0.15) is 0 Å². The number of carboxylic acids is 1. The van der Waals surface area contributed by atoms with Crippen molar-refractivity contribution in [1.29, 1.82) is 0 Å². The van der Waals surface area contributed by atoms with Crippen molar-refractivity contribution in [2.75, 3.05) is 0 Å². The van der Waals surface area contributed by atoms with E-state index in [1.807, 2.05) is 50.4 Å². The molecule has 24 heavy (non-hydrogen) atoms. The zero-order chi connectivity index (χ0) is 17.3. The molecular weight excluding hydrogens is 306 g/mol. The second-order valence-corrected chi connectivity index (χ2v) is 6.21. The first-order valence-corrected chi connectivity index (χ1v) is 8.17. The van der Waals surface area contributed by atoms with Crippen molar-refractivity contribution in [2.45, 2.75) is 38.8 Å². The number of amides is 1. The largest absolute Gasteiger partial charge is 0.481 e. The highest BCUT2D eigenvalue weighted by atomic mass is 16.4. The molecule has 1 fully saturated rings. The lowest BCUT2D eigenvalue weighted by Crippen LogP contribution is -2.37. The Balaban J connectivity index is 1.99. The van der Waals surface area contributed by atoms with Gasteiger partial charge in [0.15, 0.2) is 0 Å². The van der Waals surface area contributed by atoms with Crippen LogP contribution in [0.2, 0.25) is 0 Å². The number of para-hydroxylation sites is 1. The maximum atomic E-state index is 12.4. The summed E-state index contributed by atoms with van der Waals surface area (Å²) in [5.74, 6) is -1.78. The van der Waals surface area contributed by atoms with Gasteiger partial charge in [0.25, 0.3) is 0 Å². The summed E-state index contributed by atoms with van der Waals surface area (Å²) in [5.41, 5.74) is 1.66. The third-order valence-electron chi connectivity index (χ3n) is 4.71. The Morgan fingerprint density at radius 1 is 1.38 bits per heavy atom. The number of carboxylic acid groups (broad SMARTS) is 1. The van der Waals surface area contributed by atoms with Gasteiger partial charge < -0.3 is 10.0 Å². The molecule has 0 aliphatic carbocycles. The van der Waals surface area contributed by atoms with E-state index >= 15 is 0 Å². The van der Waals surface area contributed by atoms with Gasteiger partial charge in [0.05, 0.1) is 23.8 Å². The number of carbonyl (C=O) groups is 2. The van der Waals surface area contributed by atoms with Crippen molar-refractivity contribution < 1.29 is 14.7 Å². The van der Waals surface area contributed by atoms with Gasteiger partial charge in [0.2, 0.25) is 5.91 Å². The second-order valence-electron chi connectivity index (χ2n) is 6.21. The van der Waals surface area contributed by atoms with E-state index in [0.717, 1.165) is 17.7 Å². The number of likely N-dealkylation sites (tertiary alicyclic amines) is 1. The fourth-order valence-electron chi connectivity index (χ4n) is 3.30. The lowest BCUT2D eigenvalue weighted by molar-refractivity contribution is -0.142. The Hall–Kier alpha value is -2.63. The first kappa shape index (κ1) is 16.2. The molecule has 3 rings (SSSR count). The molecule has 1 aromatic heterocycles. The van der Waals surface area contributed by atoms with Crippen LogP contribution in [0.3, 0.4) is 0 Å². The fourth-order valence-corrected chi connectivity index (χ4v) is 3.30. The second kappa shape index (κ2) is 6.47. The summed E-state index contributed by atoms with van der Waals surface area (Å²) in [4.78, 5) is 25.8. The molecule has 0 spiro atoms. The molecule has 0 radical (unpaired) electrons. The van der Waals surface area contributed by atoms with E-state index in [1.165, 1.54) is 0 Å². The monoisotopic (exact) mass is 327 g/mol. The van der Waals surface area contributed by atoms with Crippen molar-refractivity contribution in [3.63, 3.8) is 0 Å². The Bertz CT molecular complexity index is 741. The number of hydrogen-bond donors (Lipinski definition) is 1. The maximum absolute atomic E-state index is 12.4. The smallest absolute Gasteiger partial charge is 0.309 e. The summed E-state index contributed by atoms with van der Waals surface area (Å²) < 4.78 is 1.71. The van der Waals surface area contributed by atoms with Crippen LogP contribution in [0.4, 0.5) is 0 Å². The SMILES string of the molecule is CC[C@H](C)N1C(=O)C[C@H](C(=O)O)[C@@H]1c1cnn(-c2ccccc2)c1. The summed E-state index contributed by atoms with van der Waals surface area (Å²) in [6.45, 7) is 3.95. The van der Waals surface area contributed by atoms with Gasteiger partial charge >= 0.3 is 5.97 Å². The molecular formula is C18H21N3O3. The minimum Gasteiger partial charge on any atom is -0.481 e. The number of nitrogens with zero attached hydrogens (tertiary/aromatic N) is 3. The molecule has 1 aromatic carbocycles. The number of benzene rings is 1. The number of rotatable bonds is 5. The standard InChI is InChI=1S/C18H21N3O3/c1-3-12(2)21-16(22)9-15(18(23)24)17(21)13-10-19-20(11-13)14-7-5-4-6-8-14/h4-8,10-12,15,17H,3,9H2,1-2H3,(H,23,24)/t12-,15-,17-/m0/s1. The third kappa shape index (κ3) is 2.79. The van der Waals surface area contributed by atoms with E-state index in [2.05, 4.69) is 5.10 Å². The number of carbonyl (C=O) groups excluding carboxylic acids is 1. The fraction of sp³-hybridized carbons (Fsp3) is 0.389. The van der Waals surface area contributed by atoms with E-state index in [4.69, 9.17) is 0 Å². The van der Waals surface area contributed by atoms with Crippen molar-refractivity contribution >= 4 is 11.9 Å². The molecule has 6 heteroatoms. The predicted octanol–water partition coefficient (Wildman–Crippen LogP) is 2.65. The highest BCUT2D eigenvalue weighted by Gasteiger charge is 2.46. The van der Waals surface area contributed by atoms with E-state index in [9.17, 15) is 14.7 Å². The number of aliphatic carboxylic acids is 1. The van der Waals surface area contributed by atoms with Gasteiger partial charge in [-0.2, -0.15) is 5.10 Å². The minimum atomic E-state index is -0.938. The highest BCUT2D eigenvalue weighted by Crippen LogP contribution is 2.40. The van der Waals surface area contributed by atoms with Gasteiger partial charge in [0, 0.05) is 24.2 Å². The molecule has 1 aliphatic heterocycles. The molecule has 1 aliphatic rings. The van der Waals surface area contributed by atoms with Gasteiger partial charge in [-0.25, -0.2) is 4.68 Å². The molecule has 0 bridgehead atoms. The van der Waals surface area contributed by atoms with Crippen molar-refractivity contribution in [3.05, 3.63) is 48.3 Å². The molecule has 2 heterocycles. The Kier molecular flexibility index (Phi) is 4.38. The van der Waals surface area contributed by atoms with Crippen LogP contribution in [-0.2, 0) is 9.59 Å². The first-order chi connectivity index (χ1) is 11.5.